The van der Waals surface area contributed by atoms with E-state index in [1.54, 1.807) is 19.1 Å². The molecule has 7 nitrogen and oxygen atoms in total. The van der Waals surface area contributed by atoms with Crippen molar-refractivity contribution in [3.05, 3.63) is 29.8 Å². The van der Waals surface area contributed by atoms with Crippen LogP contribution in [0.4, 0.5) is 0 Å². The van der Waals surface area contributed by atoms with Crippen molar-refractivity contribution in [1.82, 2.24) is 4.72 Å². The number of aliphatic carboxylic acids is 2. The van der Waals surface area contributed by atoms with E-state index >= 15 is 0 Å². The summed E-state index contributed by atoms with van der Waals surface area (Å²) in [7, 11) is -4.06. The van der Waals surface area contributed by atoms with Gasteiger partial charge in [-0.1, -0.05) is 17.7 Å². The Morgan fingerprint density at radius 3 is 2.16 bits per heavy atom. The van der Waals surface area contributed by atoms with Crippen molar-refractivity contribution >= 4 is 22.0 Å². The Labute approximate surface area is 109 Å². The Balaban J connectivity index is 2.97. The fourth-order valence-electron chi connectivity index (χ4n) is 1.33. The Morgan fingerprint density at radius 2 is 1.74 bits per heavy atom. The highest BCUT2D eigenvalue weighted by Gasteiger charge is 2.27. The van der Waals surface area contributed by atoms with Crippen LogP contribution in [0.5, 0.6) is 0 Å². The molecule has 3 N–H and O–H groups in total. The number of carboxylic acids is 2. The maximum absolute atomic E-state index is 11.9. The first-order valence-electron chi connectivity index (χ1n) is 5.26. The monoisotopic (exact) mass is 287 g/mol. The highest BCUT2D eigenvalue weighted by atomic mass is 32.2. The van der Waals surface area contributed by atoms with Crippen LogP contribution in [0, 0.1) is 6.92 Å². The van der Waals surface area contributed by atoms with Crippen LogP contribution in [0.25, 0.3) is 0 Å². The number of benzene rings is 1. The average molecular weight is 287 g/mol. The lowest BCUT2D eigenvalue weighted by atomic mass is 10.2. The minimum absolute atomic E-state index is 0.116. The molecule has 1 aromatic carbocycles. The lowest BCUT2D eigenvalue weighted by molar-refractivity contribution is -0.145. The van der Waals surface area contributed by atoms with Gasteiger partial charge in [-0.05, 0) is 19.1 Å². The largest absolute Gasteiger partial charge is 0.481 e. The smallest absolute Gasteiger partial charge is 0.322 e. The van der Waals surface area contributed by atoms with Crippen molar-refractivity contribution in [3.8, 4) is 0 Å². The Bertz CT molecular complexity index is 578. The minimum atomic E-state index is -4.06. The van der Waals surface area contributed by atoms with Crippen molar-refractivity contribution < 1.29 is 28.2 Å². The first kappa shape index (κ1) is 15.1. The molecule has 104 valence electrons. The van der Waals surface area contributed by atoms with Gasteiger partial charge >= 0.3 is 11.9 Å². The molecule has 0 spiro atoms. The molecule has 0 heterocycles. The van der Waals surface area contributed by atoms with Crippen LogP contribution < -0.4 is 4.72 Å². The second-order valence-electron chi connectivity index (χ2n) is 3.92. The number of nitrogens with one attached hydrogen (secondary N) is 1. The third-order valence-electron chi connectivity index (χ3n) is 2.31. The molecule has 0 bridgehead atoms. The molecular weight excluding hydrogens is 274 g/mol. The SMILES string of the molecule is Cc1ccc(S(=O)(=O)N[C@@H](CC(=O)O)C(=O)O)cc1. The predicted molar refractivity (Wildman–Crippen MR) is 65.2 cm³/mol. The van der Waals surface area contributed by atoms with E-state index in [0.29, 0.717) is 0 Å². The van der Waals surface area contributed by atoms with Crippen LogP contribution in [0.15, 0.2) is 29.2 Å². The molecule has 0 saturated heterocycles. The second kappa shape index (κ2) is 5.81. The fraction of sp³-hybridized carbons (Fsp3) is 0.273. The van der Waals surface area contributed by atoms with Gasteiger partial charge in [0.1, 0.15) is 6.04 Å². The van der Waals surface area contributed by atoms with Gasteiger partial charge in [0.05, 0.1) is 11.3 Å². The highest BCUT2D eigenvalue weighted by Crippen LogP contribution is 2.11. The van der Waals surface area contributed by atoms with Gasteiger partial charge in [0, 0.05) is 0 Å². The summed E-state index contributed by atoms with van der Waals surface area (Å²) < 4.78 is 25.6. The van der Waals surface area contributed by atoms with Crippen molar-refractivity contribution in [3.63, 3.8) is 0 Å². The van der Waals surface area contributed by atoms with E-state index in [1.165, 1.54) is 12.1 Å². The number of sulfonamides is 1. The standard InChI is InChI=1S/C11H13NO6S/c1-7-2-4-8(5-3-7)19(17,18)12-9(11(15)16)6-10(13)14/h2-5,9,12H,6H2,1H3,(H,13,14)(H,15,16)/t9-/m0/s1. The first-order chi connectivity index (χ1) is 8.72. The van der Waals surface area contributed by atoms with Gasteiger partial charge in [0.15, 0.2) is 0 Å². The maximum Gasteiger partial charge on any atom is 0.322 e. The number of carbonyl (C=O) groups is 2. The van der Waals surface area contributed by atoms with Gasteiger partial charge in [0.2, 0.25) is 10.0 Å². The number of aryl methyl sites for hydroxylation is 1. The van der Waals surface area contributed by atoms with Crippen LogP contribution >= 0.6 is 0 Å². The zero-order chi connectivity index (χ0) is 14.6. The van der Waals surface area contributed by atoms with E-state index in [-0.39, 0.29) is 4.90 Å². The van der Waals surface area contributed by atoms with Gasteiger partial charge in [0.25, 0.3) is 0 Å². The summed E-state index contributed by atoms with van der Waals surface area (Å²) in [6, 6.07) is 4.04. The van der Waals surface area contributed by atoms with Crippen molar-refractivity contribution in [2.45, 2.75) is 24.3 Å². The summed E-state index contributed by atoms with van der Waals surface area (Å²) in [5, 5.41) is 17.3. The van der Waals surface area contributed by atoms with E-state index in [1.807, 2.05) is 4.72 Å². The fourth-order valence-corrected chi connectivity index (χ4v) is 2.52. The number of rotatable bonds is 6. The molecule has 0 aliphatic rings. The van der Waals surface area contributed by atoms with Crippen LogP contribution in [-0.2, 0) is 19.6 Å². The van der Waals surface area contributed by atoms with Gasteiger partial charge < -0.3 is 10.2 Å². The molecule has 1 atom stereocenters. The van der Waals surface area contributed by atoms with Crippen LogP contribution in [-0.4, -0.2) is 36.6 Å². The first-order valence-corrected chi connectivity index (χ1v) is 6.74. The molecule has 1 rings (SSSR count). The van der Waals surface area contributed by atoms with Gasteiger partial charge in [-0.2, -0.15) is 4.72 Å². The summed E-state index contributed by atoms with van der Waals surface area (Å²) in [6.07, 6.45) is -0.833. The number of hydrogen-bond acceptors (Lipinski definition) is 4. The molecule has 19 heavy (non-hydrogen) atoms. The molecule has 0 saturated carbocycles. The summed E-state index contributed by atoms with van der Waals surface area (Å²) in [4.78, 5) is 21.2. The van der Waals surface area contributed by atoms with E-state index < -0.39 is 34.4 Å². The Morgan fingerprint density at radius 1 is 1.21 bits per heavy atom. The van der Waals surface area contributed by atoms with Crippen molar-refractivity contribution in [2.75, 3.05) is 0 Å². The van der Waals surface area contributed by atoms with Crippen molar-refractivity contribution in [2.24, 2.45) is 0 Å². The molecule has 0 unspecified atom stereocenters. The number of hydrogen-bond donors (Lipinski definition) is 3. The zero-order valence-corrected chi connectivity index (χ0v) is 10.8. The summed E-state index contributed by atoms with van der Waals surface area (Å²) in [5.41, 5.74) is 0.847. The normalized spacial score (nSPS) is 12.9. The van der Waals surface area contributed by atoms with Crippen molar-refractivity contribution in [1.29, 1.82) is 0 Å². The maximum atomic E-state index is 11.9. The lowest BCUT2D eigenvalue weighted by Gasteiger charge is -2.12. The van der Waals surface area contributed by atoms with E-state index in [9.17, 15) is 18.0 Å². The van der Waals surface area contributed by atoms with Gasteiger partial charge in [-0.15, -0.1) is 0 Å². The second-order valence-corrected chi connectivity index (χ2v) is 5.64. The molecular formula is C11H13NO6S. The topological polar surface area (TPSA) is 121 Å². The third kappa shape index (κ3) is 4.34. The molecule has 0 amide bonds. The van der Waals surface area contributed by atoms with E-state index in [0.717, 1.165) is 5.56 Å². The van der Waals surface area contributed by atoms with E-state index in [4.69, 9.17) is 10.2 Å². The quantitative estimate of drug-likeness (QED) is 0.687. The zero-order valence-electron chi connectivity index (χ0n) is 10.0. The van der Waals surface area contributed by atoms with E-state index in [2.05, 4.69) is 0 Å². The molecule has 0 aliphatic carbocycles. The summed E-state index contributed by atoms with van der Waals surface area (Å²) in [5.74, 6) is -2.95. The lowest BCUT2D eigenvalue weighted by Crippen LogP contribution is -2.42. The molecule has 0 aliphatic heterocycles. The molecule has 8 heteroatoms. The molecule has 0 radical (unpaired) electrons. The predicted octanol–water partition coefficient (Wildman–Crippen LogP) is 0.201. The van der Waals surface area contributed by atoms with Crippen LogP contribution in [0.1, 0.15) is 12.0 Å². The Kier molecular flexibility index (Phi) is 4.62. The minimum Gasteiger partial charge on any atom is -0.481 e. The van der Waals surface area contributed by atoms with Crippen LogP contribution in [0.2, 0.25) is 0 Å². The van der Waals surface area contributed by atoms with Gasteiger partial charge in [-0.3, -0.25) is 9.59 Å². The summed E-state index contributed by atoms with van der Waals surface area (Å²) >= 11 is 0. The summed E-state index contributed by atoms with van der Waals surface area (Å²) in [6.45, 7) is 1.77. The molecule has 0 aromatic heterocycles. The molecule has 1 aromatic rings. The number of carboxylic acid groups (broad SMARTS) is 2. The van der Waals surface area contributed by atoms with Crippen LogP contribution in [0.3, 0.4) is 0 Å². The Hall–Kier alpha value is -1.93. The molecule has 0 fully saturated rings. The highest BCUT2D eigenvalue weighted by molar-refractivity contribution is 7.89. The third-order valence-corrected chi connectivity index (χ3v) is 3.79. The average Bonchev–Trinajstić information content (AvgIpc) is 2.27. The van der Waals surface area contributed by atoms with Gasteiger partial charge in [-0.25, -0.2) is 8.42 Å².